The van der Waals surface area contributed by atoms with Crippen molar-refractivity contribution >= 4 is 5.69 Å². The molecule has 0 bridgehead atoms. The molecule has 7 heteroatoms. The fourth-order valence-corrected chi connectivity index (χ4v) is 1.87. The van der Waals surface area contributed by atoms with Gasteiger partial charge in [0.25, 0.3) is 0 Å². The highest BCUT2D eigenvalue weighted by atomic mass is 19.2. The predicted molar refractivity (Wildman–Crippen MR) is 68.1 cm³/mol. The van der Waals surface area contributed by atoms with Gasteiger partial charge in [0.05, 0.1) is 6.04 Å². The van der Waals surface area contributed by atoms with E-state index in [1.807, 2.05) is 0 Å². The summed E-state index contributed by atoms with van der Waals surface area (Å²) in [4.78, 5) is 0. The molecule has 0 fully saturated rings. The maximum absolute atomic E-state index is 13.6. The maximum Gasteiger partial charge on any atom is 0.200 e. The van der Waals surface area contributed by atoms with Crippen LogP contribution in [0.25, 0.3) is 0 Å². The van der Waals surface area contributed by atoms with E-state index in [1.54, 1.807) is 30.3 Å². The number of nitrogens with one attached hydrogen (secondary N) is 1. The Morgan fingerprint density at radius 2 is 1.29 bits per heavy atom. The lowest BCUT2D eigenvalue weighted by Crippen LogP contribution is -2.22. The number of nitrogens with two attached hydrogens (primary N) is 1. The number of hydrogen-bond acceptors (Lipinski definition) is 2. The Balaban J connectivity index is 2.43. The van der Waals surface area contributed by atoms with Gasteiger partial charge in [-0.15, -0.1) is 0 Å². The van der Waals surface area contributed by atoms with Crippen molar-refractivity contribution in [3.05, 3.63) is 65.0 Å². The Bertz CT molecular complexity index is 617. The van der Waals surface area contributed by atoms with Gasteiger partial charge in [0.1, 0.15) is 5.69 Å². The van der Waals surface area contributed by atoms with Gasteiger partial charge in [0.15, 0.2) is 23.3 Å². The SMILES string of the molecule is NCC(Nc1c(F)c(F)c(F)c(F)c1F)c1ccccc1. The largest absolute Gasteiger partial charge is 0.372 e. The molecule has 0 saturated heterocycles. The lowest BCUT2D eigenvalue weighted by atomic mass is 10.1. The second kappa shape index (κ2) is 6.09. The van der Waals surface area contributed by atoms with E-state index in [4.69, 9.17) is 5.73 Å². The van der Waals surface area contributed by atoms with E-state index in [-0.39, 0.29) is 6.54 Å². The Morgan fingerprint density at radius 1 is 0.810 bits per heavy atom. The molecule has 2 rings (SSSR count). The molecule has 0 aliphatic carbocycles. The van der Waals surface area contributed by atoms with Crippen LogP contribution >= 0.6 is 0 Å². The molecule has 21 heavy (non-hydrogen) atoms. The number of rotatable bonds is 4. The van der Waals surface area contributed by atoms with E-state index in [0.29, 0.717) is 5.56 Å². The van der Waals surface area contributed by atoms with Gasteiger partial charge in [-0.2, -0.15) is 0 Å². The number of hydrogen-bond donors (Lipinski definition) is 2. The summed E-state index contributed by atoms with van der Waals surface area (Å²) < 4.78 is 66.4. The molecule has 0 aromatic heterocycles. The van der Waals surface area contributed by atoms with Crippen LogP contribution in [0.5, 0.6) is 0 Å². The first-order valence-electron chi connectivity index (χ1n) is 6.00. The first kappa shape index (κ1) is 15.2. The number of halogens is 5. The third-order valence-electron chi connectivity index (χ3n) is 2.97. The molecule has 0 aliphatic heterocycles. The fourth-order valence-electron chi connectivity index (χ4n) is 1.87. The summed E-state index contributed by atoms with van der Waals surface area (Å²) in [5.41, 5.74) is 4.96. The quantitative estimate of drug-likeness (QED) is 0.515. The lowest BCUT2D eigenvalue weighted by molar-refractivity contribution is 0.380. The predicted octanol–water partition coefficient (Wildman–Crippen LogP) is 3.49. The monoisotopic (exact) mass is 302 g/mol. The summed E-state index contributed by atoms with van der Waals surface area (Å²) in [5, 5.41) is 2.27. The Kier molecular flexibility index (Phi) is 4.42. The Labute approximate surface area is 117 Å². The highest BCUT2D eigenvalue weighted by molar-refractivity contribution is 5.49. The molecule has 2 nitrogen and oxygen atoms in total. The summed E-state index contributed by atoms with van der Waals surface area (Å²) in [6, 6.07) is 7.50. The van der Waals surface area contributed by atoms with Crippen LogP contribution in [0.2, 0.25) is 0 Å². The van der Waals surface area contributed by atoms with Crippen LogP contribution in [0.3, 0.4) is 0 Å². The van der Waals surface area contributed by atoms with E-state index < -0.39 is 40.8 Å². The maximum atomic E-state index is 13.6. The van der Waals surface area contributed by atoms with E-state index in [9.17, 15) is 22.0 Å². The van der Waals surface area contributed by atoms with Crippen LogP contribution in [0, 0.1) is 29.1 Å². The minimum Gasteiger partial charge on any atom is -0.372 e. The van der Waals surface area contributed by atoms with Crippen LogP contribution in [-0.2, 0) is 0 Å². The number of anilines is 1. The van der Waals surface area contributed by atoms with E-state index in [1.165, 1.54) is 0 Å². The summed E-state index contributed by atoms with van der Waals surface area (Å²) in [7, 11) is 0. The first-order chi connectivity index (χ1) is 9.97. The van der Waals surface area contributed by atoms with Crippen molar-refractivity contribution in [2.24, 2.45) is 5.73 Å². The molecular weight excluding hydrogens is 291 g/mol. The zero-order valence-corrected chi connectivity index (χ0v) is 10.6. The van der Waals surface area contributed by atoms with Crippen molar-refractivity contribution < 1.29 is 22.0 Å². The lowest BCUT2D eigenvalue weighted by Gasteiger charge is -2.20. The topological polar surface area (TPSA) is 38.0 Å². The van der Waals surface area contributed by atoms with Gasteiger partial charge in [-0.05, 0) is 5.56 Å². The van der Waals surface area contributed by atoms with Gasteiger partial charge >= 0.3 is 0 Å². The third-order valence-corrected chi connectivity index (χ3v) is 2.97. The van der Waals surface area contributed by atoms with Gasteiger partial charge in [-0.3, -0.25) is 0 Å². The molecule has 0 radical (unpaired) electrons. The molecule has 1 unspecified atom stereocenters. The summed E-state index contributed by atoms with van der Waals surface area (Å²) in [6.07, 6.45) is 0. The highest BCUT2D eigenvalue weighted by Gasteiger charge is 2.27. The molecular formula is C14H11F5N2. The van der Waals surface area contributed by atoms with Crippen LogP contribution in [0.15, 0.2) is 30.3 Å². The molecule has 0 aliphatic rings. The van der Waals surface area contributed by atoms with Crippen LogP contribution in [0.4, 0.5) is 27.6 Å². The second-order valence-corrected chi connectivity index (χ2v) is 4.29. The van der Waals surface area contributed by atoms with E-state index in [2.05, 4.69) is 5.32 Å². The second-order valence-electron chi connectivity index (χ2n) is 4.29. The molecule has 3 N–H and O–H groups in total. The smallest absolute Gasteiger partial charge is 0.200 e. The van der Waals surface area contributed by atoms with Crippen molar-refractivity contribution in [2.75, 3.05) is 11.9 Å². The van der Waals surface area contributed by atoms with Gasteiger partial charge < -0.3 is 11.1 Å². The fraction of sp³-hybridized carbons (Fsp3) is 0.143. The van der Waals surface area contributed by atoms with Gasteiger partial charge in [-0.25, -0.2) is 22.0 Å². The van der Waals surface area contributed by atoms with Crippen LogP contribution in [-0.4, -0.2) is 6.54 Å². The standard InChI is InChI=1S/C14H11F5N2/c15-9-10(16)12(18)14(13(19)11(9)17)21-8(6-20)7-4-2-1-3-5-7/h1-5,8,21H,6,20H2. The molecule has 112 valence electrons. The number of benzene rings is 2. The molecule has 2 aromatic carbocycles. The highest BCUT2D eigenvalue weighted by Crippen LogP contribution is 2.29. The first-order valence-corrected chi connectivity index (χ1v) is 6.00. The molecule has 0 amide bonds. The van der Waals surface area contributed by atoms with Crippen molar-refractivity contribution in [2.45, 2.75) is 6.04 Å². The van der Waals surface area contributed by atoms with Crippen molar-refractivity contribution in [3.8, 4) is 0 Å². The molecule has 2 aromatic rings. The average Bonchev–Trinajstić information content (AvgIpc) is 2.52. The van der Waals surface area contributed by atoms with Gasteiger partial charge in [0, 0.05) is 6.54 Å². The normalized spacial score (nSPS) is 12.3. The molecule has 0 heterocycles. The van der Waals surface area contributed by atoms with Crippen LogP contribution < -0.4 is 11.1 Å². The summed E-state index contributed by atoms with van der Waals surface area (Å²) in [6.45, 7) is -0.0937. The molecule has 1 atom stereocenters. The van der Waals surface area contributed by atoms with Gasteiger partial charge in [0.2, 0.25) is 5.82 Å². The zero-order valence-electron chi connectivity index (χ0n) is 10.6. The van der Waals surface area contributed by atoms with Crippen LogP contribution in [0.1, 0.15) is 11.6 Å². The zero-order chi connectivity index (χ0) is 15.6. The average molecular weight is 302 g/mol. The molecule has 0 saturated carbocycles. The molecule has 0 spiro atoms. The minimum absolute atomic E-state index is 0.0937. The van der Waals surface area contributed by atoms with Crippen molar-refractivity contribution in [1.82, 2.24) is 0 Å². The van der Waals surface area contributed by atoms with Crippen molar-refractivity contribution in [3.63, 3.8) is 0 Å². The van der Waals surface area contributed by atoms with E-state index in [0.717, 1.165) is 0 Å². The van der Waals surface area contributed by atoms with Crippen molar-refractivity contribution in [1.29, 1.82) is 0 Å². The van der Waals surface area contributed by atoms with Gasteiger partial charge in [-0.1, -0.05) is 30.3 Å². The Morgan fingerprint density at radius 3 is 1.76 bits per heavy atom. The third kappa shape index (κ3) is 2.82. The van der Waals surface area contributed by atoms with E-state index >= 15 is 0 Å². The minimum atomic E-state index is -2.19. The summed E-state index contributed by atoms with van der Waals surface area (Å²) in [5.74, 6) is -10.0. The Hall–Kier alpha value is -2.15. The summed E-state index contributed by atoms with van der Waals surface area (Å²) >= 11 is 0.